The van der Waals surface area contributed by atoms with Gasteiger partial charge in [0, 0.05) is 13.0 Å². The summed E-state index contributed by atoms with van der Waals surface area (Å²) in [5.41, 5.74) is 0.557. The van der Waals surface area contributed by atoms with E-state index in [1.165, 1.54) is 0 Å². The fourth-order valence-corrected chi connectivity index (χ4v) is 1.24. The summed E-state index contributed by atoms with van der Waals surface area (Å²) in [5.74, 6) is 2.88. The first-order valence-corrected chi connectivity index (χ1v) is 5.59. The number of unbranched alkanes of at least 4 members (excludes halogenated alkanes) is 1. The maximum Gasteiger partial charge on any atom is 0.257 e. The molecule has 0 spiro atoms. The van der Waals surface area contributed by atoms with E-state index in [0.29, 0.717) is 24.3 Å². The van der Waals surface area contributed by atoms with Gasteiger partial charge < -0.3 is 10.1 Å². The first kappa shape index (κ1) is 13.6. The summed E-state index contributed by atoms with van der Waals surface area (Å²) in [7, 11) is 0. The van der Waals surface area contributed by atoms with Crippen LogP contribution in [0.15, 0.2) is 24.3 Å². The normalized spacial score (nSPS) is 9.00. The molecule has 1 rings (SSSR count). The van der Waals surface area contributed by atoms with E-state index >= 15 is 0 Å². The average molecular weight is 242 g/mol. The molecule has 0 aliphatic rings. The van der Waals surface area contributed by atoms with Crippen molar-refractivity contribution in [2.45, 2.75) is 12.8 Å². The molecule has 4 nitrogen and oxygen atoms in total. The van der Waals surface area contributed by atoms with Crippen LogP contribution in [-0.4, -0.2) is 19.1 Å². The summed E-state index contributed by atoms with van der Waals surface area (Å²) < 4.78 is 5.26. The molecule has 1 aromatic rings. The minimum atomic E-state index is -0.184. The Hall–Kier alpha value is -2.46. The molecular weight excluding hydrogens is 228 g/mol. The van der Waals surface area contributed by atoms with Crippen molar-refractivity contribution in [1.82, 2.24) is 5.32 Å². The molecule has 0 aromatic heterocycles. The van der Waals surface area contributed by atoms with E-state index in [9.17, 15) is 4.79 Å². The van der Waals surface area contributed by atoms with Crippen LogP contribution in [-0.2, 0) is 4.79 Å². The molecule has 1 aromatic carbocycles. The molecule has 1 amide bonds. The van der Waals surface area contributed by atoms with Gasteiger partial charge >= 0.3 is 0 Å². The van der Waals surface area contributed by atoms with Crippen LogP contribution in [0.3, 0.4) is 0 Å². The van der Waals surface area contributed by atoms with Crippen LogP contribution in [0.25, 0.3) is 0 Å². The molecule has 0 radical (unpaired) electrons. The minimum Gasteiger partial charge on any atom is -0.484 e. The Kier molecular flexibility index (Phi) is 5.86. The highest BCUT2D eigenvalue weighted by Crippen LogP contribution is 2.11. The molecule has 4 heteroatoms. The highest BCUT2D eigenvalue weighted by molar-refractivity contribution is 5.77. The summed E-state index contributed by atoms with van der Waals surface area (Å²) in [5, 5.41) is 11.3. The Balaban J connectivity index is 2.25. The second-order valence-electron chi connectivity index (χ2n) is 3.58. The number of terminal acetylenes is 1. The Morgan fingerprint density at radius 1 is 1.39 bits per heavy atom. The van der Waals surface area contributed by atoms with Gasteiger partial charge in [-0.3, -0.25) is 4.79 Å². The third-order valence-corrected chi connectivity index (χ3v) is 2.17. The molecule has 0 saturated carbocycles. The van der Waals surface area contributed by atoms with Gasteiger partial charge in [-0.15, -0.1) is 12.3 Å². The largest absolute Gasteiger partial charge is 0.484 e. The molecular formula is C14H14N2O2. The van der Waals surface area contributed by atoms with Gasteiger partial charge in [0.15, 0.2) is 6.61 Å². The van der Waals surface area contributed by atoms with E-state index in [1.807, 2.05) is 6.07 Å². The zero-order valence-corrected chi connectivity index (χ0v) is 9.98. The van der Waals surface area contributed by atoms with E-state index in [0.717, 1.165) is 6.42 Å². The zero-order valence-electron chi connectivity index (χ0n) is 9.98. The van der Waals surface area contributed by atoms with Crippen LogP contribution < -0.4 is 10.1 Å². The number of amides is 1. The molecule has 0 aliphatic heterocycles. The third-order valence-electron chi connectivity index (χ3n) is 2.17. The SMILES string of the molecule is C#CCCCNC(=O)COc1ccc(C#N)cc1. The number of carbonyl (C=O) groups excluding carboxylic acids is 1. The Labute approximate surface area is 107 Å². The Bertz CT molecular complexity index is 466. The van der Waals surface area contributed by atoms with Gasteiger partial charge in [0.1, 0.15) is 5.75 Å². The second-order valence-corrected chi connectivity index (χ2v) is 3.58. The molecule has 0 fully saturated rings. The molecule has 18 heavy (non-hydrogen) atoms. The summed E-state index contributed by atoms with van der Waals surface area (Å²) in [4.78, 5) is 11.4. The fraction of sp³-hybridized carbons (Fsp3) is 0.286. The van der Waals surface area contributed by atoms with Gasteiger partial charge in [0.25, 0.3) is 5.91 Å². The molecule has 0 saturated heterocycles. The topological polar surface area (TPSA) is 62.1 Å². The van der Waals surface area contributed by atoms with Crippen molar-refractivity contribution in [1.29, 1.82) is 5.26 Å². The van der Waals surface area contributed by atoms with E-state index in [-0.39, 0.29) is 12.5 Å². The van der Waals surface area contributed by atoms with Gasteiger partial charge in [0.05, 0.1) is 11.6 Å². The van der Waals surface area contributed by atoms with Crippen molar-refractivity contribution in [3.8, 4) is 24.2 Å². The lowest BCUT2D eigenvalue weighted by atomic mass is 10.2. The first-order valence-electron chi connectivity index (χ1n) is 5.59. The van der Waals surface area contributed by atoms with Crippen molar-refractivity contribution in [3.05, 3.63) is 29.8 Å². The number of hydrogen-bond acceptors (Lipinski definition) is 3. The Morgan fingerprint density at radius 3 is 2.72 bits per heavy atom. The molecule has 1 N–H and O–H groups in total. The molecule has 0 aliphatic carbocycles. The molecule has 0 atom stereocenters. The van der Waals surface area contributed by atoms with E-state index < -0.39 is 0 Å². The average Bonchev–Trinajstić information content (AvgIpc) is 2.42. The van der Waals surface area contributed by atoms with E-state index in [1.54, 1.807) is 24.3 Å². The smallest absolute Gasteiger partial charge is 0.257 e. The van der Waals surface area contributed by atoms with Crippen LogP contribution in [0, 0.1) is 23.7 Å². The number of benzene rings is 1. The summed E-state index contributed by atoms with van der Waals surface area (Å²) in [6.07, 6.45) is 6.51. The third kappa shape index (κ3) is 5.05. The molecule has 0 unspecified atom stereocenters. The van der Waals surface area contributed by atoms with Gasteiger partial charge in [-0.05, 0) is 30.7 Å². The summed E-state index contributed by atoms with van der Waals surface area (Å²) in [6, 6.07) is 8.60. The van der Waals surface area contributed by atoms with Crippen LogP contribution >= 0.6 is 0 Å². The van der Waals surface area contributed by atoms with E-state index in [4.69, 9.17) is 16.4 Å². The van der Waals surface area contributed by atoms with Crippen LogP contribution in [0.2, 0.25) is 0 Å². The fourth-order valence-electron chi connectivity index (χ4n) is 1.24. The van der Waals surface area contributed by atoms with Crippen molar-refractivity contribution >= 4 is 5.91 Å². The summed E-state index contributed by atoms with van der Waals surface area (Å²) >= 11 is 0. The lowest BCUT2D eigenvalue weighted by Crippen LogP contribution is -2.29. The van der Waals surface area contributed by atoms with Crippen molar-refractivity contribution in [3.63, 3.8) is 0 Å². The number of ether oxygens (including phenoxy) is 1. The zero-order chi connectivity index (χ0) is 13.2. The van der Waals surface area contributed by atoms with Crippen LogP contribution in [0.4, 0.5) is 0 Å². The quantitative estimate of drug-likeness (QED) is 0.607. The van der Waals surface area contributed by atoms with Crippen LogP contribution in [0.5, 0.6) is 5.75 Å². The maximum absolute atomic E-state index is 11.4. The monoisotopic (exact) mass is 242 g/mol. The Morgan fingerprint density at radius 2 is 2.11 bits per heavy atom. The van der Waals surface area contributed by atoms with E-state index in [2.05, 4.69) is 11.2 Å². The predicted octanol–water partition coefficient (Wildman–Crippen LogP) is 1.47. The van der Waals surface area contributed by atoms with Crippen molar-refractivity contribution < 1.29 is 9.53 Å². The molecule has 92 valence electrons. The number of nitrogens with one attached hydrogen (secondary N) is 1. The van der Waals surface area contributed by atoms with Gasteiger partial charge in [-0.1, -0.05) is 0 Å². The van der Waals surface area contributed by atoms with Crippen LogP contribution in [0.1, 0.15) is 18.4 Å². The maximum atomic E-state index is 11.4. The van der Waals surface area contributed by atoms with Gasteiger partial charge in [-0.2, -0.15) is 5.26 Å². The first-order chi connectivity index (χ1) is 8.76. The van der Waals surface area contributed by atoms with Gasteiger partial charge in [-0.25, -0.2) is 0 Å². The number of carbonyl (C=O) groups is 1. The number of rotatable bonds is 6. The van der Waals surface area contributed by atoms with Crippen molar-refractivity contribution in [2.24, 2.45) is 0 Å². The number of hydrogen-bond donors (Lipinski definition) is 1. The van der Waals surface area contributed by atoms with Gasteiger partial charge in [0.2, 0.25) is 0 Å². The number of nitrogens with zero attached hydrogens (tertiary/aromatic N) is 1. The predicted molar refractivity (Wildman–Crippen MR) is 67.7 cm³/mol. The second kappa shape index (κ2) is 7.76. The highest BCUT2D eigenvalue weighted by Gasteiger charge is 2.01. The lowest BCUT2D eigenvalue weighted by Gasteiger charge is -2.06. The molecule has 0 heterocycles. The minimum absolute atomic E-state index is 0.0397. The lowest BCUT2D eigenvalue weighted by molar-refractivity contribution is -0.123. The summed E-state index contributed by atoms with van der Waals surface area (Å²) in [6.45, 7) is 0.516. The van der Waals surface area contributed by atoms with Crippen molar-refractivity contribution in [2.75, 3.05) is 13.2 Å². The standard InChI is InChI=1S/C14H14N2O2/c1-2-3-4-9-16-14(17)11-18-13-7-5-12(10-15)6-8-13/h1,5-8H,3-4,9,11H2,(H,16,17). The number of nitriles is 1. The molecule has 0 bridgehead atoms. The highest BCUT2D eigenvalue weighted by atomic mass is 16.5.